The molecular weight excluding hydrogens is 262 g/mol. The van der Waals surface area contributed by atoms with E-state index in [0.717, 1.165) is 19.5 Å². The highest BCUT2D eigenvalue weighted by Crippen LogP contribution is 2.29. The lowest BCUT2D eigenvalue weighted by Crippen LogP contribution is -2.35. The number of benzene rings is 1. The summed E-state index contributed by atoms with van der Waals surface area (Å²) in [6, 6.07) is 2.94. The Balaban J connectivity index is 2.19. The maximum atomic E-state index is 14.1. The van der Waals surface area contributed by atoms with Crippen molar-refractivity contribution in [3.05, 3.63) is 23.8 Å². The van der Waals surface area contributed by atoms with E-state index < -0.39 is 11.6 Å². The van der Waals surface area contributed by atoms with E-state index in [1.54, 1.807) is 4.90 Å². The summed E-state index contributed by atoms with van der Waals surface area (Å²) in [5.41, 5.74) is 0.0661. The van der Waals surface area contributed by atoms with Crippen molar-refractivity contribution in [2.45, 2.75) is 26.3 Å². The number of hydrogen-bond acceptors (Lipinski definition) is 3. The summed E-state index contributed by atoms with van der Waals surface area (Å²) in [6.07, 6.45) is 0.906. The van der Waals surface area contributed by atoms with Gasteiger partial charge < -0.3 is 9.64 Å². The fourth-order valence-electron chi connectivity index (χ4n) is 2.64. The predicted molar refractivity (Wildman–Crippen MR) is 76.4 cm³/mol. The topological polar surface area (TPSA) is 15.7 Å². The lowest BCUT2D eigenvalue weighted by molar-refractivity contribution is 0.238. The van der Waals surface area contributed by atoms with Gasteiger partial charge in [-0.05, 0) is 20.3 Å². The van der Waals surface area contributed by atoms with Crippen LogP contribution in [0.3, 0.4) is 0 Å². The van der Waals surface area contributed by atoms with Crippen molar-refractivity contribution in [1.29, 1.82) is 0 Å². The average Bonchev–Trinajstić information content (AvgIpc) is 2.63. The normalized spacial score (nSPS) is 17.4. The van der Waals surface area contributed by atoms with Crippen LogP contribution in [0.5, 0.6) is 5.75 Å². The van der Waals surface area contributed by atoms with Crippen LogP contribution in [0.1, 0.15) is 20.3 Å². The summed E-state index contributed by atoms with van der Waals surface area (Å²) in [5, 5.41) is 0. The van der Waals surface area contributed by atoms with Crippen LogP contribution in [0.4, 0.5) is 14.5 Å². The third-order valence-electron chi connectivity index (χ3n) is 3.80. The highest BCUT2D eigenvalue weighted by molar-refractivity contribution is 5.52. The van der Waals surface area contributed by atoms with Crippen LogP contribution < -0.4 is 9.64 Å². The molecule has 1 heterocycles. The van der Waals surface area contributed by atoms with Gasteiger partial charge in [0.15, 0.2) is 11.6 Å². The largest absolute Gasteiger partial charge is 0.497 e. The molecule has 0 radical (unpaired) electrons. The summed E-state index contributed by atoms with van der Waals surface area (Å²) < 4.78 is 33.1. The predicted octanol–water partition coefficient (Wildman–Crippen LogP) is 2.89. The molecule has 5 heteroatoms. The number of halogens is 2. The Kier molecular flexibility index (Phi) is 4.81. The number of methoxy groups -OCH3 is 1. The Morgan fingerprint density at radius 1 is 1.05 bits per heavy atom. The van der Waals surface area contributed by atoms with E-state index in [1.165, 1.54) is 19.2 Å². The molecule has 1 fully saturated rings. The molecule has 20 heavy (non-hydrogen) atoms. The van der Waals surface area contributed by atoms with Gasteiger partial charge in [-0.1, -0.05) is 0 Å². The number of anilines is 1. The molecule has 1 aromatic carbocycles. The molecule has 0 aliphatic carbocycles. The molecule has 0 saturated carbocycles. The molecule has 3 nitrogen and oxygen atoms in total. The number of rotatable bonds is 3. The molecule has 0 unspecified atom stereocenters. The van der Waals surface area contributed by atoms with E-state index in [4.69, 9.17) is 4.74 Å². The molecule has 0 N–H and O–H groups in total. The Morgan fingerprint density at radius 3 is 2.25 bits per heavy atom. The monoisotopic (exact) mass is 284 g/mol. The zero-order valence-electron chi connectivity index (χ0n) is 12.3. The third kappa shape index (κ3) is 3.20. The van der Waals surface area contributed by atoms with Crippen molar-refractivity contribution in [1.82, 2.24) is 4.90 Å². The third-order valence-corrected chi connectivity index (χ3v) is 3.80. The molecule has 0 bridgehead atoms. The highest BCUT2D eigenvalue weighted by Gasteiger charge is 2.22. The second kappa shape index (κ2) is 6.39. The molecule has 1 aliphatic rings. The lowest BCUT2D eigenvalue weighted by atomic mass is 10.2. The van der Waals surface area contributed by atoms with E-state index in [0.29, 0.717) is 19.1 Å². The minimum absolute atomic E-state index is 0.0661. The first-order valence-electron chi connectivity index (χ1n) is 7.05. The van der Waals surface area contributed by atoms with Crippen LogP contribution in [-0.4, -0.2) is 44.2 Å². The second-order valence-corrected chi connectivity index (χ2v) is 5.41. The van der Waals surface area contributed by atoms with Crippen molar-refractivity contribution in [3.8, 4) is 5.75 Å². The number of hydrogen-bond donors (Lipinski definition) is 0. The summed E-state index contributed by atoms with van der Waals surface area (Å²) in [6.45, 7) is 7.38. The van der Waals surface area contributed by atoms with Crippen LogP contribution in [0, 0.1) is 11.6 Å². The SMILES string of the molecule is COc1cc(F)c(N2CCCN(C(C)C)CC2)c(F)c1. The Bertz CT molecular complexity index is 442. The zero-order valence-corrected chi connectivity index (χ0v) is 12.3. The molecule has 0 aromatic heterocycles. The van der Waals surface area contributed by atoms with Crippen LogP contribution in [0.2, 0.25) is 0 Å². The summed E-state index contributed by atoms with van der Waals surface area (Å²) in [4.78, 5) is 4.13. The van der Waals surface area contributed by atoms with Gasteiger partial charge in [-0.15, -0.1) is 0 Å². The quantitative estimate of drug-likeness (QED) is 0.849. The molecule has 0 spiro atoms. The summed E-state index contributed by atoms with van der Waals surface area (Å²) in [7, 11) is 1.40. The fourth-order valence-corrected chi connectivity index (χ4v) is 2.64. The summed E-state index contributed by atoms with van der Waals surface area (Å²) >= 11 is 0. The van der Waals surface area contributed by atoms with Gasteiger partial charge in [-0.2, -0.15) is 0 Å². The molecule has 0 amide bonds. The summed E-state index contributed by atoms with van der Waals surface area (Å²) in [5.74, 6) is -0.901. The maximum absolute atomic E-state index is 14.1. The first kappa shape index (κ1) is 15.0. The van der Waals surface area contributed by atoms with Crippen LogP contribution in [-0.2, 0) is 0 Å². The molecule has 1 saturated heterocycles. The number of ether oxygens (including phenoxy) is 1. The average molecular weight is 284 g/mol. The van der Waals surface area contributed by atoms with Crippen LogP contribution in [0.25, 0.3) is 0 Å². The van der Waals surface area contributed by atoms with Crippen molar-refractivity contribution in [2.75, 3.05) is 38.2 Å². The Morgan fingerprint density at radius 2 is 1.70 bits per heavy atom. The van der Waals surface area contributed by atoms with Gasteiger partial charge in [-0.3, -0.25) is 4.90 Å². The Labute approximate surface area is 119 Å². The first-order valence-corrected chi connectivity index (χ1v) is 7.05. The standard InChI is InChI=1S/C15H22F2N2O/c1-11(2)18-5-4-6-19(8-7-18)15-13(16)9-12(20-3)10-14(15)17/h9-11H,4-8H2,1-3H3. The molecule has 1 aliphatic heterocycles. The van der Waals surface area contributed by atoms with Crippen LogP contribution in [0.15, 0.2) is 12.1 Å². The van der Waals surface area contributed by atoms with Crippen molar-refractivity contribution < 1.29 is 13.5 Å². The minimum atomic E-state index is -0.556. The van der Waals surface area contributed by atoms with Gasteiger partial charge in [0.05, 0.1) is 7.11 Å². The minimum Gasteiger partial charge on any atom is -0.497 e. The molecular formula is C15H22F2N2O. The van der Waals surface area contributed by atoms with Crippen molar-refractivity contribution in [3.63, 3.8) is 0 Å². The van der Waals surface area contributed by atoms with E-state index in [2.05, 4.69) is 18.7 Å². The van der Waals surface area contributed by atoms with E-state index >= 15 is 0 Å². The Hall–Kier alpha value is -1.36. The maximum Gasteiger partial charge on any atom is 0.153 e. The smallest absolute Gasteiger partial charge is 0.153 e. The van der Waals surface area contributed by atoms with Crippen molar-refractivity contribution >= 4 is 5.69 Å². The molecule has 112 valence electrons. The second-order valence-electron chi connectivity index (χ2n) is 5.41. The van der Waals surface area contributed by atoms with E-state index in [-0.39, 0.29) is 11.4 Å². The van der Waals surface area contributed by atoms with Gasteiger partial charge in [0.1, 0.15) is 11.4 Å². The molecule has 1 aromatic rings. The van der Waals surface area contributed by atoms with Gasteiger partial charge >= 0.3 is 0 Å². The fraction of sp³-hybridized carbons (Fsp3) is 0.600. The van der Waals surface area contributed by atoms with Crippen molar-refractivity contribution in [2.24, 2.45) is 0 Å². The van der Waals surface area contributed by atoms with Gasteiger partial charge in [-0.25, -0.2) is 8.78 Å². The van der Waals surface area contributed by atoms with Gasteiger partial charge in [0.25, 0.3) is 0 Å². The molecule has 0 atom stereocenters. The zero-order chi connectivity index (χ0) is 14.7. The van der Waals surface area contributed by atoms with Gasteiger partial charge in [0, 0.05) is 44.4 Å². The highest BCUT2D eigenvalue weighted by atomic mass is 19.1. The van der Waals surface area contributed by atoms with Gasteiger partial charge in [0.2, 0.25) is 0 Å². The van der Waals surface area contributed by atoms with Crippen LogP contribution >= 0.6 is 0 Å². The van der Waals surface area contributed by atoms with E-state index in [1.807, 2.05) is 0 Å². The molecule has 2 rings (SSSR count). The first-order chi connectivity index (χ1) is 9.52. The van der Waals surface area contributed by atoms with E-state index in [9.17, 15) is 8.78 Å². The lowest BCUT2D eigenvalue weighted by Gasteiger charge is -2.26. The number of nitrogens with zero attached hydrogens (tertiary/aromatic N) is 2.